The molecule has 1 saturated carbocycles. The number of aliphatic hydroxyl groups is 1. The molecule has 1 aliphatic heterocycles. The first kappa shape index (κ1) is 24.8. The van der Waals surface area contributed by atoms with Crippen LogP contribution in [-0.4, -0.2) is 13.5 Å². The van der Waals surface area contributed by atoms with Crippen molar-refractivity contribution in [2.45, 2.75) is 69.9 Å². The van der Waals surface area contributed by atoms with Gasteiger partial charge in [0.2, 0.25) is 0 Å². The number of aliphatic hydroxyl groups excluding tert-OH is 1. The third kappa shape index (κ3) is 4.64. The molecule has 3 aromatic rings. The molecule has 2 aliphatic rings. The second-order valence-corrected chi connectivity index (χ2v) is 12.5. The molecule has 0 amide bonds. The number of sulfonamides is 1. The lowest BCUT2D eigenvalue weighted by atomic mass is 9.77. The van der Waals surface area contributed by atoms with Crippen molar-refractivity contribution in [1.29, 1.82) is 0 Å². The van der Waals surface area contributed by atoms with Crippen LogP contribution in [0.1, 0.15) is 79.0 Å². The molecule has 3 aromatic carbocycles. The van der Waals surface area contributed by atoms with Crippen LogP contribution in [0.25, 0.3) is 0 Å². The van der Waals surface area contributed by atoms with Crippen LogP contribution < -0.4 is 10.0 Å². The lowest BCUT2D eigenvalue weighted by Crippen LogP contribution is -2.29. The Bertz CT molecular complexity index is 1370. The van der Waals surface area contributed by atoms with Crippen LogP contribution in [0.5, 0.6) is 0 Å². The number of benzene rings is 3. The summed E-state index contributed by atoms with van der Waals surface area (Å²) in [6.45, 7) is 8.04. The normalized spacial score (nSPS) is 22.0. The summed E-state index contributed by atoms with van der Waals surface area (Å²) in [6, 6.07) is 19.6. The molecule has 3 N–H and O–H groups in total. The smallest absolute Gasteiger partial charge is 0.261 e. The zero-order valence-corrected chi connectivity index (χ0v) is 22.3. The molecule has 3 unspecified atom stereocenters. The summed E-state index contributed by atoms with van der Waals surface area (Å²) in [5.74, 6) is 0.901. The summed E-state index contributed by atoms with van der Waals surface area (Å²) in [5.41, 5.74) is 7.04. The Morgan fingerprint density at radius 1 is 0.944 bits per heavy atom. The number of anilines is 2. The van der Waals surface area contributed by atoms with Gasteiger partial charge in [-0.15, -0.1) is 0 Å². The van der Waals surface area contributed by atoms with E-state index < -0.39 is 16.1 Å². The van der Waals surface area contributed by atoms with Crippen LogP contribution in [0.2, 0.25) is 0 Å². The fraction of sp³-hybridized carbons (Fsp3) is 0.400. The molecule has 1 aliphatic carbocycles. The first-order valence-corrected chi connectivity index (χ1v) is 14.4. The monoisotopic (exact) mass is 504 g/mol. The Labute approximate surface area is 215 Å². The molecule has 5 nitrogen and oxygen atoms in total. The van der Waals surface area contributed by atoms with Crippen LogP contribution >= 0.6 is 0 Å². The molecule has 0 spiro atoms. The first-order valence-electron chi connectivity index (χ1n) is 12.9. The summed E-state index contributed by atoms with van der Waals surface area (Å²) >= 11 is 0. The molecule has 0 saturated heterocycles. The highest BCUT2D eigenvalue weighted by molar-refractivity contribution is 7.92. The molecule has 0 bridgehead atoms. The average molecular weight is 505 g/mol. The molecule has 1 heterocycles. The lowest BCUT2D eigenvalue weighted by Gasteiger charge is -2.38. The van der Waals surface area contributed by atoms with Crippen LogP contribution in [0.3, 0.4) is 0 Å². The van der Waals surface area contributed by atoms with Gasteiger partial charge in [0, 0.05) is 11.4 Å². The van der Waals surface area contributed by atoms with E-state index in [9.17, 15) is 13.5 Å². The van der Waals surface area contributed by atoms with Gasteiger partial charge in [0.15, 0.2) is 0 Å². The average Bonchev–Trinajstić information content (AvgIpc) is 3.35. The predicted octanol–water partition coefficient (Wildman–Crippen LogP) is 6.84. The summed E-state index contributed by atoms with van der Waals surface area (Å²) < 4.78 is 29.2. The standard InChI is InChI=1S/C30H36N2O3S/c1-18(2)30(33)22-11-9-21(10-12-22)29-26-7-5-6-25(26)27-17-24(14-15-28(27)31-29)36(34,35)32-23-13-8-19(3)20(4)16-23/h8-18,25-26,29-33H,5-7H2,1-4H3/t25?,26?,29-,30?/m0/s1. The molecule has 36 heavy (non-hydrogen) atoms. The van der Waals surface area contributed by atoms with Crippen molar-refractivity contribution in [2.24, 2.45) is 11.8 Å². The maximum Gasteiger partial charge on any atom is 0.261 e. The Kier molecular flexibility index (Phi) is 6.60. The summed E-state index contributed by atoms with van der Waals surface area (Å²) in [6.07, 6.45) is 2.84. The van der Waals surface area contributed by atoms with Crippen LogP contribution in [0, 0.1) is 25.7 Å². The molecular formula is C30H36N2O3S. The molecule has 0 radical (unpaired) electrons. The van der Waals surface area contributed by atoms with Crippen molar-refractivity contribution < 1.29 is 13.5 Å². The summed E-state index contributed by atoms with van der Waals surface area (Å²) in [5, 5.41) is 14.1. The van der Waals surface area contributed by atoms with E-state index in [-0.39, 0.29) is 12.0 Å². The van der Waals surface area contributed by atoms with Crippen LogP contribution in [0.4, 0.5) is 11.4 Å². The van der Waals surface area contributed by atoms with Gasteiger partial charge in [-0.2, -0.15) is 0 Å². The quantitative estimate of drug-likeness (QED) is 0.343. The molecule has 4 atom stereocenters. The Morgan fingerprint density at radius 2 is 1.69 bits per heavy atom. The number of hydrogen-bond acceptors (Lipinski definition) is 4. The van der Waals surface area contributed by atoms with E-state index in [0.717, 1.165) is 47.2 Å². The highest BCUT2D eigenvalue weighted by atomic mass is 32.2. The van der Waals surface area contributed by atoms with Crippen molar-refractivity contribution in [2.75, 3.05) is 10.0 Å². The van der Waals surface area contributed by atoms with Crippen LogP contribution in [-0.2, 0) is 10.0 Å². The SMILES string of the molecule is Cc1ccc(NS(=O)(=O)c2ccc3c(c2)C2CCCC2[C@H](c2ccc(C(O)C(C)C)cc2)N3)cc1C. The maximum atomic E-state index is 13.2. The van der Waals surface area contributed by atoms with Crippen molar-refractivity contribution in [3.05, 3.63) is 88.5 Å². The van der Waals surface area contributed by atoms with E-state index in [2.05, 4.69) is 22.2 Å². The molecule has 6 heteroatoms. The fourth-order valence-corrected chi connectivity index (χ4v) is 6.91. The van der Waals surface area contributed by atoms with Gasteiger partial charge >= 0.3 is 0 Å². The molecule has 5 rings (SSSR count). The minimum absolute atomic E-state index is 0.171. The number of hydrogen-bond donors (Lipinski definition) is 3. The third-order valence-electron chi connectivity index (χ3n) is 8.07. The maximum absolute atomic E-state index is 13.2. The largest absolute Gasteiger partial charge is 0.388 e. The van der Waals surface area contributed by atoms with E-state index in [1.165, 1.54) is 5.56 Å². The number of aryl methyl sites for hydroxylation is 2. The molecule has 190 valence electrons. The Balaban J connectivity index is 1.42. The minimum Gasteiger partial charge on any atom is -0.388 e. The van der Waals surface area contributed by atoms with Gasteiger partial charge in [0.25, 0.3) is 10.0 Å². The van der Waals surface area contributed by atoms with E-state index in [0.29, 0.717) is 22.4 Å². The van der Waals surface area contributed by atoms with Gasteiger partial charge in [0.1, 0.15) is 0 Å². The van der Waals surface area contributed by atoms with Gasteiger partial charge in [-0.1, -0.05) is 50.6 Å². The zero-order chi connectivity index (χ0) is 25.6. The third-order valence-corrected chi connectivity index (χ3v) is 9.45. The topological polar surface area (TPSA) is 78.4 Å². The van der Waals surface area contributed by atoms with Gasteiger partial charge in [0.05, 0.1) is 17.0 Å². The van der Waals surface area contributed by atoms with Gasteiger partial charge in [-0.05, 0) is 103 Å². The first-order chi connectivity index (χ1) is 17.1. The predicted molar refractivity (Wildman–Crippen MR) is 146 cm³/mol. The summed E-state index contributed by atoms with van der Waals surface area (Å²) in [4.78, 5) is 0.303. The second kappa shape index (κ2) is 9.56. The second-order valence-electron chi connectivity index (χ2n) is 10.8. The highest BCUT2D eigenvalue weighted by Crippen LogP contribution is 2.53. The van der Waals surface area contributed by atoms with Crippen LogP contribution in [0.15, 0.2) is 65.6 Å². The van der Waals surface area contributed by atoms with E-state index >= 15 is 0 Å². The lowest BCUT2D eigenvalue weighted by molar-refractivity contribution is 0.127. The van der Waals surface area contributed by atoms with Gasteiger partial charge in [-0.25, -0.2) is 8.42 Å². The van der Waals surface area contributed by atoms with Gasteiger partial charge < -0.3 is 10.4 Å². The summed E-state index contributed by atoms with van der Waals surface area (Å²) in [7, 11) is -3.69. The zero-order valence-electron chi connectivity index (χ0n) is 21.5. The highest BCUT2D eigenvalue weighted by Gasteiger charge is 2.40. The van der Waals surface area contributed by atoms with E-state index in [4.69, 9.17) is 0 Å². The van der Waals surface area contributed by atoms with Crippen molar-refractivity contribution in [3.8, 4) is 0 Å². The Morgan fingerprint density at radius 3 is 2.39 bits per heavy atom. The van der Waals surface area contributed by atoms with E-state index in [1.54, 1.807) is 6.07 Å². The number of fused-ring (bicyclic) bond motifs is 3. The number of rotatable bonds is 6. The van der Waals surface area contributed by atoms with Crippen molar-refractivity contribution in [3.63, 3.8) is 0 Å². The Hall–Kier alpha value is -2.83. The number of nitrogens with one attached hydrogen (secondary N) is 2. The molecule has 1 fully saturated rings. The van der Waals surface area contributed by atoms with Gasteiger partial charge in [-0.3, -0.25) is 4.72 Å². The fourth-order valence-electron chi connectivity index (χ4n) is 5.83. The van der Waals surface area contributed by atoms with Crippen molar-refractivity contribution >= 4 is 21.4 Å². The molecular weight excluding hydrogens is 468 g/mol. The molecule has 0 aromatic heterocycles. The van der Waals surface area contributed by atoms with Crippen molar-refractivity contribution in [1.82, 2.24) is 0 Å². The van der Waals surface area contributed by atoms with E-state index in [1.807, 2.05) is 70.2 Å². The minimum atomic E-state index is -3.69.